The Kier molecular flexibility index (Phi) is 4.37. The third-order valence-corrected chi connectivity index (χ3v) is 3.54. The Labute approximate surface area is 117 Å². The Hall–Kier alpha value is -1.62. The molecule has 5 nitrogen and oxygen atoms in total. The lowest BCUT2D eigenvalue weighted by Gasteiger charge is -2.32. The highest BCUT2D eigenvalue weighted by Crippen LogP contribution is 2.25. The molecule has 1 aliphatic heterocycles. The van der Waals surface area contributed by atoms with Crippen LogP contribution in [0.5, 0.6) is 0 Å². The van der Waals surface area contributed by atoms with E-state index in [2.05, 4.69) is 5.32 Å². The second kappa shape index (κ2) is 6.02. The quantitative estimate of drug-likeness (QED) is 0.819. The molecule has 0 bridgehead atoms. The number of benzene rings is 1. The van der Waals surface area contributed by atoms with E-state index < -0.39 is 0 Å². The number of hydrogen-bond acceptors (Lipinski definition) is 4. The number of nitrogens with one attached hydrogen (secondary N) is 1. The molecule has 0 unspecified atom stereocenters. The number of carbonyl (C=O) groups is 1. The van der Waals surface area contributed by atoms with Crippen LogP contribution in [0.3, 0.4) is 0 Å². The third kappa shape index (κ3) is 3.44. The fourth-order valence-electron chi connectivity index (χ4n) is 2.22. The maximum atomic E-state index is 11.4. The van der Waals surface area contributed by atoms with Crippen LogP contribution in [0.2, 0.25) is 5.02 Å². The maximum Gasteiger partial charge on any atom is 0.409 e. The summed E-state index contributed by atoms with van der Waals surface area (Å²) in [5.74, 6) is 0. The Morgan fingerprint density at radius 3 is 2.74 bits per heavy atom. The minimum Gasteiger partial charge on any atom is -0.453 e. The smallest absolute Gasteiger partial charge is 0.409 e. The van der Waals surface area contributed by atoms with Crippen molar-refractivity contribution in [3.8, 4) is 0 Å². The largest absolute Gasteiger partial charge is 0.453 e. The molecule has 1 saturated heterocycles. The molecule has 6 heteroatoms. The van der Waals surface area contributed by atoms with Gasteiger partial charge in [-0.1, -0.05) is 11.6 Å². The summed E-state index contributed by atoms with van der Waals surface area (Å²) >= 11 is 5.86. The molecule has 3 N–H and O–H groups in total. The van der Waals surface area contributed by atoms with Crippen molar-refractivity contribution < 1.29 is 9.53 Å². The number of nitrogen functional groups attached to an aromatic ring is 1. The highest BCUT2D eigenvalue weighted by atomic mass is 35.5. The minimum absolute atomic E-state index is 0.260. The summed E-state index contributed by atoms with van der Waals surface area (Å²) in [5, 5.41) is 4.02. The average Bonchev–Trinajstić information content (AvgIpc) is 2.42. The number of hydrogen-bond donors (Lipinski definition) is 2. The van der Waals surface area contributed by atoms with Gasteiger partial charge >= 0.3 is 6.09 Å². The molecule has 1 fully saturated rings. The lowest BCUT2D eigenvalue weighted by molar-refractivity contribution is 0.113. The molecule has 1 aromatic rings. The van der Waals surface area contributed by atoms with E-state index in [-0.39, 0.29) is 6.09 Å². The number of nitrogens with zero attached hydrogens (tertiary/aromatic N) is 1. The lowest BCUT2D eigenvalue weighted by atomic mass is 10.0. The third-order valence-electron chi connectivity index (χ3n) is 3.30. The fraction of sp³-hybridized carbons (Fsp3) is 0.462. The molecular weight excluding hydrogens is 266 g/mol. The Morgan fingerprint density at radius 2 is 2.16 bits per heavy atom. The van der Waals surface area contributed by atoms with Crippen LogP contribution in [0.1, 0.15) is 12.8 Å². The number of ether oxygens (including phenoxy) is 1. The van der Waals surface area contributed by atoms with Crippen LogP contribution in [0, 0.1) is 0 Å². The van der Waals surface area contributed by atoms with Crippen LogP contribution in [0.25, 0.3) is 0 Å². The predicted molar refractivity (Wildman–Crippen MR) is 76.5 cm³/mol. The number of rotatable bonds is 2. The van der Waals surface area contributed by atoms with Crippen molar-refractivity contribution in [1.82, 2.24) is 4.90 Å². The van der Waals surface area contributed by atoms with E-state index in [0.29, 0.717) is 29.8 Å². The van der Waals surface area contributed by atoms with E-state index in [9.17, 15) is 4.79 Å². The molecule has 0 aromatic heterocycles. The van der Waals surface area contributed by atoms with Crippen LogP contribution in [-0.2, 0) is 4.74 Å². The standard InChI is InChI=1S/C13H18ClN3O2/c1-19-13(18)17-6-4-10(5-7-17)16-12-3-2-9(14)8-11(12)15/h2-3,8,10,16H,4-7,15H2,1H3. The van der Waals surface area contributed by atoms with Crippen molar-refractivity contribution in [2.75, 3.05) is 31.2 Å². The van der Waals surface area contributed by atoms with E-state index in [1.165, 1.54) is 7.11 Å². The second-order valence-corrected chi connectivity index (χ2v) is 5.04. The zero-order valence-electron chi connectivity index (χ0n) is 10.9. The molecule has 0 saturated carbocycles. The summed E-state index contributed by atoms with van der Waals surface area (Å²) in [5.41, 5.74) is 7.44. The van der Waals surface area contributed by atoms with Crippen LogP contribution < -0.4 is 11.1 Å². The van der Waals surface area contributed by atoms with Gasteiger partial charge in [-0.3, -0.25) is 0 Å². The molecule has 2 rings (SSSR count). The molecule has 0 atom stereocenters. The number of carbonyl (C=O) groups excluding carboxylic acids is 1. The first-order valence-corrected chi connectivity index (χ1v) is 6.62. The fourth-order valence-corrected chi connectivity index (χ4v) is 2.40. The maximum absolute atomic E-state index is 11.4. The number of likely N-dealkylation sites (tertiary alicyclic amines) is 1. The van der Waals surface area contributed by atoms with E-state index in [1.807, 2.05) is 12.1 Å². The highest BCUT2D eigenvalue weighted by Gasteiger charge is 2.23. The minimum atomic E-state index is -0.260. The SMILES string of the molecule is COC(=O)N1CCC(Nc2ccc(Cl)cc2N)CC1. The van der Waals surface area contributed by atoms with Crippen LogP contribution in [0.15, 0.2) is 18.2 Å². The van der Waals surface area contributed by atoms with Crippen LogP contribution >= 0.6 is 11.6 Å². The number of methoxy groups -OCH3 is 1. The number of piperidine rings is 1. The van der Waals surface area contributed by atoms with Gasteiger partial charge in [0.05, 0.1) is 18.5 Å². The van der Waals surface area contributed by atoms with Crippen molar-refractivity contribution in [2.24, 2.45) is 0 Å². The molecule has 1 amide bonds. The van der Waals surface area contributed by atoms with Crippen LogP contribution in [0.4, 0.5) is 16.2 Å². The highest BCUT2D eigenvalue weighted by molar-refractivity contribution is 6.31. The Bertz CT molecular complexity index is 459. The Morgan fingerprint density at radius 1 is 1.47 bits per heavy atom. The average molecular weight is 284 g/mol. The summed E-state index contributed by atoms with van der Waals surface area (Å²) in [6, 6.07) is 5.73. The summed E-state index contributed by atoms with van der Waals surface area (Å²) in [6.45, 7) is 1.38. The molecule has 104 valence electrons. The zero-order chi connectivity index (χ0) is 13.8. The van der Waals surface area contributed by atoms with Crippen molar-refractivity contribution in [3.63, 3.8) is 0 Å². The summed E-state index contributed by atoms with van der Waals surface area (Å²) in [4.78, 5) is 13.1. The molecule has 0 aliphatic carbocycles. The van der Waals surface area contributed by atoms with Gasteiger partial charge in [0.25, 0.3) is 0 Å². The number of anilines is 2. The molecule has 19 heavy (non-hydrogen) atoms. The van der Waals surface area contributed by atoms with Gasteiger partial charge in [0.1, 0.15) is 0 Å². The normalized spacial score (nSPS) is 16.2. The van der Waals surface area contributed by atoms with Gasteiger partial charge in [-0.15, -0.1) is 0 Å². The molecule has 0 radical (unpaired) electrons. The summed E-state index contributed by atoms with van der Waals surface area (Å²) in [6.07, 6.45) is 1.48. The van der Waals surface area contributed by atoms with Crippen molar-refractivity contribution in [3.05, 3.63) is 23.2 Å². The Balaban J connectivity index is 1.90. The van der Waals surface area contributed by atoms with Gasteiger partial charge in [-0.05, 0) is 31.0 Å². The molecule has 1 heterocycles. The van der Waals surface area contributed by atoms with E-state index in [4.69, 9.17) is 22.1 Å². The number of nitrogens with two attached hydrogens (primary N) is 1. The predicted octanol–water partition coefficient (Wildman–Crippen LogP) is 2.56. The van der Waals surface area contributed by atoms with Gasteiger partial charge in [-0.2, -0.15) is 0 Å². The first-order valence-electron chi connectivity index (χ1n) is 6.24. The van der Waals surface area contributed by atoms with Crippen molar-refractivity contribution >= 4 is 29.1 Å². The topological polar surface area (TPSA) is 67.6 Å². The summed E-state index contributed by atoms with van der Waals surface area (Å²) < 4.78 is 4.71. The second-order valence-electron chi connectivity index (χ2n) is 4.61. The number of halogens is 1. The monoisotopic (exact) mass is 283 g/mol. The summed E-state index contributed by atoms with van der Waals surface area (Å²) in [7, 11) is 1.40. The lowest BCUT2D eigenvalue weighted by Crippen LogP contribution is -2.42. The molecule has 1 aromatic carbocycles. The van der Waals surface area contributed by atoms with E-state index in [0.717, 1.165) is 18.5 Å². The van der Waals surface area contributed by atoms with Crippen LogP contribution in [-0.4, -0.2) is 37.2 Å². The molecular formula is C13H18ClN3O2. The number of amides is 1. The van der Waals surface area contributed by atoms with Crippen molar-refractivity contribution in [1.29, 1.82) is 0 Å². The van der Waals surface area contributed by atoms with E-state index >= 15 is 0 Å². The van der Waals surface area contributed by atoms with Gasteiger partial charge in [0.2, 0.25) is 0 Å². The molecule has 0 spiro atoms. The van der Waals surface area contributed by atoms with Gasteiger partial charge in [-0.25, -0.2) is 4.79 Å². The first-order chi connectivity index (χ1) is 9.10. The van der Waals surface area contributed by atoms with E-state index in [1.54, 1.807) is 11.0 Å². The zero-order valence-corrected chi connectivity index (χ0v) is 11.6. The van der Waals surface area contributed by atoms with Gasteiger partial charge < -0.3 is 20.7 Å². The van der Waals surface area contributed by atoms with Gasteiger partial charge in [0, 0.05) is 24.2 Å². The molecule has 1 aliphatic rings. The van der Waals surface area contributed by atoms with Crippen molar-refractivity contribution in [2.45, 2.75) is 18.9 Å². The first kappa shape index (κ1) is 13.8. The van der Waals surface area contributed by atoms with Gasteiger partial charge in [0.15, 0.2) is 0 Å².